The summed E-state index contributed by atoms with van der Waals surface area (Å²) in [4.78, 5) is 0. The van der Waals surface area contributed by atoms with Crippen molar-refractivity contribution in [3.63, 3.8) is 0 Å². The zero-order chi connectivity index (χ0) is 9.27. The Morgan fingerprint density at radius 1 is 1.46 bits per heavy atom. The lowest BCUT2D eigenvalue weighted by Gasteiger charge is -2.60. The van der Waals surface area contributed by atoms with Gasteiger partial charge >= 0.3 is 7.69 Å². The largest absolute Gasteiger partial charge is 0.572 e. The third-order valence-corrected chi connectivity index (χ3v) is 4.32. The molecule has 2 nitrogen and oxygen atoms in total. The lowest BCUT2D eigenvalue weighted by Crippen LogP contribution is -2.59. The monoisotopic (exact) mass is 177 g/mol. The predicted octanol–water partition coefficient (Wildman–Crippen LogP) is 1.89. The summed E-state index contributed by atoms with van der Waals surface area (Å²) >= 11 is 0. The molecule has 3 unspecified atom stereocenters. The van der Waals surface area contributed by atoms with Crippen molar-refractivity contribution in [2.75, 3.05) is 0 Å². The molecule has 0 aromatic carbocycles. The van der Waals surface area contributed by atoms with Gasteiger partial charge in [-0.05, 0) is 36.7 Å². The van der Waals surface area contributed by atoms with Crippen molar-refractivity contribution in [3.8, 4) is 0 Å². The molecule has 1 aliphatic heterocycles. The summed E-state index contributed by atoms with van der Waals surface area (Å²) in [6, 6.07) is 0. The van der Waals surface area contributed by atoms with E-state index in [0.717, 1.165) is 5.76 Å². The van der Waals surface area contributed by atoms with Crippen LogP contribution in [-0.2, 0) is 9.31 Å². The molecule has 3 heteroatoms. The Morgan fingerprint density at radius 2 is 2.23 bits per heavy atom. The second kappa shape index (κ2) is 1.98. The van der Waals surface area contributed by atoms with E-state index in [1.54, 1.807) is 0 Å². The van der Waals surface area contributed by atoms with Gasteiger partial charge in [0.15, 0.2) is 0 Å². The third kappa shape index (κ3) is 0.711. The molecule has 2 bridgehead atoms. The second-order valence-corrected chi connectivity index (χ2v) is 5.19. The summed E-state index contributed by atoms with van der Waals surface area (Å²) in [6.07, 6.45) is 3.51. The minimum absolute atomic E-state index is 0.168. The van der Waals surface area contributed by atoms with E-state index in [9.17, 15) is 0 Å². The average molecular weight is 177 g/mol. The molecule has 1 radical (unpaired) electrons. The van der Waals surface area contributed by atoms with E-state index < -0.39 is 0 Å². The van der Waals surface area contributed by atoms with Crippen LogP contribution in [0.3, 0.4) is 0 Å². The van der Waals surface area contributed by atoms with Crippen LogP contribution < -0.4 is 0 Å². The molecular formula is C10H14BO2. The van der Waals surface area contributed by atoms with Crippen molar-refractivity contribution in [1.82, 2.24) is 0 Å². The highest BCUT2D eigenvalue weighted by atomic mass is 16.6. The standard InChI is InChI=1S/C10H14BO2/c1-9(2)6-4-7(9)10(3)8(5-6)12-11-13-10/h5-7H,4H2,1-3H3. The summed E-state index contributed by atoms with van der Waals surface area (Å²) in [5.74, 6) is 2.34. The average Bonchev–Trinajstić information content (AvgIpc) is 2.44. The molecule has 2 fully saturated rings. The highest BCUT2D eigenvalue weighted by molar-refractivity contribution is 6.20. The van der Waals surface area contributed by atoms with Gasteiger partial charge in [-0.15, -0.1) is 0 Å². The maximum absolute atomic E-state index is 5.61. The van der Waals surface area contributed by atoms with E-state index in [4.69, 9.17) is 9.31 Å². The van der Waals surface area contributed by atoms with Crippen LogP contribution >= 0.6 is 0 Å². The zero-order valence-corrected chi connectivity index (χ0v) is 8.33. The number of rotatable bonds is 0. The van der Waals surface area contributed by atoms with Gasteiger partial charge in [-0.1, -0.05) is 13.8 Å². The molecule has 1 heterocycles. The Hall–Kier alpha value is -0.435. The van der Waals surface area contributed by atoms with E-state index in [-0.39, 0.29) is 5.60 Å². The van der Waals surface area contributed by atoms with E-state index in [0.29, 0.717) is 17.3 Å². The summed E-state index contributed by atoms with van der Waals surface area (Å²) in [5, 5.41) is 0. The lowest BCUT2D eigenvalue weighted by molar-refractivity contribution is -0.113. The first-order chi connectivity index (χ1) is 6.05. The molecule has 4 aliphatic rings. The van der Waals surface area contributed by atoms with Crippen molar-refractivity contribution in [3.05, 3.63) is 11.8 Å². The van der Waals surface area contributed by atoms with Gasteiger partial charge in [-0.3, -0.25) is 0 Å². The highest BCUT2D eigenvalue weighted by Crippen LogP contribution is 2.63. The third-order valence-electron chi connectivity index (χ3n) is 4.32. The van der Waals surface area contributed by atoms with Crippen LogP contribution in [0.2, 0.25) is 0 Å². The van der Waals surface area contributed by atoms with Crippen LogP contribution in [0.1, 0.15) is 27.2 Å². The van der Waals surface area contributed by atoms with Gasteiger partial charge in [0.25, 0.3) is 0 Å². The van der Waals surface area contributed by atoms with Crippen LogP contribution in [0.4, 0.5) is 0 Å². The van der Waals surface area contributed by atoms with Gasteiger partial charge in [-0.2, -0.15) is 0 Å². The summed E-state index contributed by atoms with van der Waals surface area (Å²) in [6.45, 7) is 6.79. The van der Waals surface area contributed by atoms with Crippen molar-refractivity contribution >= 4 is 7.69 Å². The smallest absolute Gasteiger partial charge is 0.539 e. The molecule has 0 aromatic rings. The number of allylic oxidation sites excluding steroid dienone is 1. The molecule has 0 amide bonds. The van der Waals surface area contributed by atoms with E-state index in [1.165, 1.54) is 14.1 Å². The summed E-state index contributed by atoms with van der Waals surface area (Å²) < 4.78 is 11.0. The SMILES string of the molecule is CC12O[B]OC1=CC1CC2C1(C)C. The summed E-state index contributed by atoms with van der Waals surface area (Å²) in [5.41, 5.74) is 0.220. The first kappa shape index (κ1) is 7.92. The van der Waals surface area contributed by atoms with E-state index >= 15 is 0 Å². The van der Waals surface area contributed by atoms with Crippen molar-refractivity contribution in [2.45, 2.75) is 32.8 Å². The van der Waals surface area contributed by atoms with Gasteiger partial charge in [0, 0.05) is 0 Å². The van der Waals surface area contributed by atoms with Crippen LogP contribution in [0, 0.1) is 17.3 Å². The lowest BCUT2D eigenvalue weighted by atomic mass is 9.46. The minimum Gasteiger partial charge on any atom is -0.539 e. The molecule has 69 valence electrons. The van der Waals surface area contributed by atoms with Crippen LogP contribution in [-0.4, -0.2) is 13.3 Å². The van der Waals surface area contributed by atoms with Gasteiger partial charge in [0.1, 0.15) is 11.4 Å². The molecule has 1 saturated carbocycles. The van der Waals surface area contributed by atoms with Crippen LogP contribution in [0.25, 0.3) is 0 Å². The number of hydrogen-bond acceptors (Lipinski definition) is 2. The fraction of sp³-hybridized carbons (Fsp3) is 0.800. The molecular weight excluding hydrogens is 163 g/mol. The van der Waals surface area contributed by atoms with Crippen molar-refractivity contribution in [1.29, 1.82) is 0 Å². The minimum atomic E-state index is -0.168. The van der Waals surface area contributed by atoms with Crippen LogP contribution in [0.15, 0.2) is 11.8 Å². The normalized spacial score (nSPS) is 49.6. The van der Waals surface area contributed by atoms with Crippen molar-refractivity contribution in [2.24, 2.45) is 17.3 Å². The second-order valence-electron chi connectivity index (χ2n) is 5.19. The first-order valence-corrected chi connectivity index (χ1v) is 4.93. The maximum Gasteiger partial charge on any atom is 0.572 e. The fourth-order valence-electron chi connectivity index (χ4n) is 3.17. The Labute approximate surface area is 79.6 Å². The molecule has 1 saturated heterocycles. The predicted molar refractivity (Wildman–Crippen MR) is 49.8 cm³/mol. The Kier molecular flexibility index (Phi) is 1.20. The van der Waals surface area contributed by atoms with Gasteiger partial charge in [-0.25, -0.2) is 0 Å². The zero-order valence-electron chi connectivity index (χ0n) is 8.33. The molecule has 0 aromatic heterocycles. The molecule has 3 aliphatic carbocycles. The molecule has 4 rings (SSSR count). The van der Waals surface area contributed by atoms with Gasteiger partial charge in [0.2, 0.25) is 0 Å². The van der Waals surface area contributed by atoms with E-state index in [2.05, 4.69) is 26.8 Å². The Morgan fingerprint density at radius 3 is 2.92 bits per heavy atom. The molecule has 13 heavy (non-hydrogen) atoms. The summed E-state index contributed by atoms with van der Waals surface area (Å²) in [7, 11) is 1.49. The number of hydrogen-bond donors (Lipinski definition) is 0. The quantitative estimate of drug-likeness (QED) is 0.526. The van der Waals surface area contributed by atoms with Crippen molar-refractivity contribution < 1.29 is 9.31 Å². The Balaban J connectivity index is 2.09. The molecule has 0 spiro atoms. The molecule has 0 N–H and O–H groups in total. The fourth-order valence-corrected chi connectivity index (χ4v) is 3.17. The van der Waals surface area contributed by atoms with Gasteiger partial charge < -0.3 is 9.31 Å². The Bertz CT molecular complexity index is 297. The van der Waals surface area contributed by atoms with Crippen LogP contribution in [0.5, 0.6) is 0 Å². The van der Waals surface area contributed by atoms with Gasteiger partial charge in [0.05, 0.1) is 0 Å². The van der Waals surface area contributed by atoms with E-state index in [1.807, 2.05) is 0 Å². The maximum atomic E-state index is 5.61. The first-order valence-electron chi connectivity index (χ1n) is 4.93. The topological polar surface area (TPSA) is 18.5 Å². The molecule has 3 atom stereocenters. The highest BCUT2D eigenvalue weighted by Gasteiger charge is 2.63.